The first-order valence-corrected chi connectivity index (χ1v) is 9.54. The number of carbonyl (C=O) groups excluding carboxylic acids is 2. The Kier molecular flexibility index (Phi) is 5.73. The van der Waals surface area contributed by atoms with Gasteiger partial charge in [0.15, 0.2) is 0 Å². The van der Waals surface area contributed by atoms with Crippen molar-refractivity contribution in [3.05, 3.63) is 59.2 Å². The van der Waals surface area contributed by atoms with Crippen LogP contribution in [-0.2, 0) is 33.5 Å². The van der Waals surface area contributed by atoms with Crippen molar-refractivity contribution in [1.82, 2.24) is 5.32 Å². The molecule has 0 bridgehead atoms. The Morgan fingerprint density at radius 2 is 1.71 bits per heavy atom. The highest BCUT2D eigenvalue weighted by molar-refractivity contribution is 5.82. The molecule has 2 aromatic carbocycles. The minimum Gasteiger partial charge on any atom is -0.467 e. The molecule has 3 rings (SSSR count). The zero-order valence-corrected chi connectivity index (χ0v) is 16.9. The lowest BCUT2D eigenvalue weighted by atomic mass is 9.84. The average molecular weight is 381 g/mol. The van der Waals surface area contributed by atoms with Gasteiger partial charge in [0, 0.05) is 6.42 Å². The summed E-state index contributed by atoms with van der Waals surface area (Å²) in [5.41, 5.74) is 5.47. The maximum absolute atomic E-state index is 12.2. The van der Waals surface area contributed by atoms with Crippen LogP contribution in [0.3, 0.4) is 0 Å². The first-order chi connectivity index (χ1) is 13.3. The first-order valence-electron chi connectivity index (χ1n) is 9.54. The Hall–Kier alpha value is -2.82. The standard InChI is InChI=1S/C23H27NO4/c1-23(2,3)28-22(26)24-20(21(25)27-4)14-15-9-12-19-17(13-15)11-10-16-7-5-6-8-18(16)19/h5-9,12-13,20H,10-11,14H2,1-4H3,(H,24,26)/t20-/m0/s1. The maximum atomic E-state index is 12.2. The molecule has 0 aliphatic heterocycles. The Labute approximate surface area is 166 Å². The van der Waals surface area contributed by atoms with Crippen LogP contribution < -0.4 is 5.32 Å². The van der Waals surface area contributed by atoms with Gasteiger partial charge in [0.1, 0.15) is 11.6 Å². The lowest BCUT2D eigenvalue weighted by molar-refractivity contribution is -0.143. The number of hydrogen-bond acceptors (Lipinski definition) is 4. The molecule has 28 heavy (non-hydrogen) atoms. The molecule has 5 nitrogen and oxygen atoms in total. The fourth-order valence-electron chi connectivity index (χ4n) is 3.54. The fraction of sp³-hybridized carbons (Fsp3) is 0.391. The summed E-state index contributed by atoms with van der Waals surface area (Å²) in [5, 5.41) is 2.63. The molecule has 0 fully saturated rings. The number of hydrogen-bond donors (Lipinski definition) is 1. The molecule has 0 aromatic heterocycles. The van der Waals surface area contributed by atoms with Crippen LogP contribution in [0.15, 0.2) is 42.5 Å². The van der Waals surface area contributed by atoms with Crippen molar-refractivity contribution in [3.63, 3.8) is 0 Å². The van der Waals surface area contributed by atoms with Crippen molar-refractivity contribution in [3.8, 4) is 11.1 Å². The van der Waals surface area contributed by atoms with Gasteiger partial charge in [0.2, 0.25) is 0 Å². The largest absolute Gasteiger partial charge is 0.467 e. The van der Waals surface area contributed by atoms with E-state index in [0.717, 1.165) is 18.4 Å². The summed E-state index contributed by atoms with van der Waals surface area (Å²) >= 11 is 0. The monoisotopic (exact) mass is 381 g/mol. The zero-order valence-electron chi connectivity index (χ0n) is 16.9. The molecule has 1 aliphatic rings. The number of methoxy groups -OCH3 is 1. The SMILES string of the molecule is COC(=O)[C@H](Cc1ccc2c(c1)CCc1ccccc1-2)NC(=O)OC(C)(C)C. The molecule has 0 spiro atoms. The van der Waals surface area contributed by atoms with Crippen LogP contribution >= 0.6 is 0 Å². The second-order valence-corrected chi connectivity index (χ2v) is 8.07. The highest BCUT2D eigenvalue weighted by Crippen LogP contribution is 2.34. The molecule has 148 valence electrons. The third-order valence-electron chi connectivity index (χ3n) is 4.76. The summed E-state index contributed by atoms with van der Waals surface area (Å²) in [4.78, 5) is 24.3. The number of aryl methyl sites for hydroxylation is 2. The molecule has 1 amide bonds. The number of nitrogens with one attached hydrogen (secondary N) is 1. The summed E-state index contributed by atoms with van der Waals surface area (Å²) in [5.74, 6) is -0.492. The Morgan fingerprint density at radius 1 is 1.04 bits per heavy atom. The Balaban J connectivity index is 1.79. The molecule has 1 aliphatic carbocycles. The van der Waals surface area contributed by atoms with Crippen molar-refractivity contribution < 1.29 is 19.1 Å². The van der Waals surface area contributed by atoms with Gasteiger partial charge < -0.3 is 14.8 Å². The van der Waals surface area contributed by atoms with Gasteiger partial charge in [-0.3, -0.25) is 0 Å². The van der Waals surface area contributed by atoms with E-state index in [1.165, 1.54) is 29.4 Å². The van der Waals surface area contributed by atoms with E-state index in [1.807, 2.05) is 6.07 Å². The number of alkyl carbamates (subject to hydrolysis) is 1. The summed E-state index contributed by atoms with van der Waals surface area (Å²) in [6, 6.07) is 13.9. The molecule has 1 atom stereocenters. The first kappa shape index (κ1) is 19.9. The van der Waals surface area contributed by atoms with Gasteiger partial charge in [0.25, 0.3) is 0 Å². The van der Waals surface area contributed by atoms with Crippen LogP contribution in [-0.4, -0.2) is 30.8 Å². The quantitative estimate of drug-likeness (QED) is 0.811. The third kappa shape index (κ3) is 4.71. The molecular weight excluding hydrogens is 354 g/mol. The van der Waals surface area contributed by atoms with Crippen LogP contribution in [0.2, 0.25) is 0 Å². The maximum Gasteiger partial charge on any atom is 0.408 e. The van der Waals surface area contributed by atoms with Gasteiger partial charge >= 0.3 is 12.1 Å². The van der Waals surface area contributed by atoms with E-state index in [1.54, 1.807) is 20.8 Å². The molecule has 0 radical (unpaired) electrons. The molecule has 0 unspecified atom stereocenters. The Morgan fingerprint density at radius 3 is 2.43 bits per heavy atom. The normalized spacial score (nSPS) is 13.7. The van der Waals surface area contributed by atoms with Crippen molar-refractivity contribution in [2.75, 3.05) is 7.11 Å². The summed E-state index contributed by atoms with van der Waals surface area (Å²) in [6.45, 7) is 5.34. The van der Waals surface area contributed by atoms with Gasteiger partial charge in [-0.1, -0.05) is 42.5 Å². The zero-order chi connectivity index (χ0) is 20.3. The van der Waals surface area contributed by atoms with E-state index >= 15 is 0 Å². The van der Waals surface area contributed by atoms with E-state index in [-0.39, 0.29) is 0 Å². The van der Waals surface area contributed by atoms with E-state index in [0.29, 0.717) is 6.42 Å². The smallest absolute Gasteiger partial charge is 0.408 e. The van der Waals surface area contributed by atoms with Crippen LogP contribution in [0.1, 0.15) is 37.5 Å². The number of fused-ring (bicyclic) bond motifs is 3. The molecular formula is C23H27NO4. The average Bonchev–Trinajstić information content (AvgIpc) is 2.65. The molecule has 2 aromatic rings. The number of carbonyl (C=O) groups is 2. The van der Waals surface area contributed by atoms with Crippen LogP contribution in [0.25, 0.3) is 11.1 Å². The number of esters is 1. The van der Waals surface area contributed by atoms with Gasteiger partial charge in [-0.15, -0.1) is 0 Å². The van der Waals surface area contributed by atoms with Gasteiger partial charge in [-0.05, 0) is 61.4 Å². The number of rotatable bonds is 4. The molecule has 5 heteroatoms. The predicted octanol–water partition coefficient (Wildman–Crippen LogP) is 4.06. The number of ether oxygens (including phenoxy) is 2. The summed E-state index contributed by atoms with van der Waals surface area (Å²) in [7, 11) is 1.32. The van der Waals surface area contributed by atoms with Crippen LogP contribution in [0.5, 0.6) is 0 Å². The molecule has 0 saturated carbocycles. The van der Waals surface area contributed by atoms with E-state index < -0.39 is 23.7 Å². The second-order valence-electron chi connectivity index (χ2n) is 8.07. The topological polar surface area (TPSA) is 64.6 Å². The summed E-state index contributed by atoms with van der Waals surface area (Å²) in [6.07, 6.45) is 1.68. The van der Waals surface area contributed by atoms with E-state index in [4.69, 9.17) is 9.47 Å². The Bertz CT molecular complexity index is 882. The number of amides is 1. The van der Waals surface area contributed by atoms with Gasteiger partial charge in [-0.25, -0.2) is 9.59 Å². The van der Waals surface area contributed by atoms with Crippen molar-refractivity contribution in [2.24, 2.45) is 0 Å². The minimum absolute atomic E-state index is 0.348. The summed E-state index contributed by atoms with van der Waals surface area (Å²) < 4.78 is 10.1. The van der Waals surface area contributed by atoms with E-state index in [9.17, 15) is 9.59 Å². The molecule has 0 heterocycles. The second kappa shape index (κ2) is 8.05. The predicted molar refractivity (Wildman–Crippen MR) is 108 cm³/mol. The van der Waals surface area contributed by atoms with Gasteiger partial charge in [0.05, 0.1) is 7.11 Å². The fourth-order valence-corrected chi connectivity index (χ4v) is 3.54. The molecule has 0 saturated heterocycles. The highest BCUT2D eigenvalue weighted by Gasteiger charge is 2.26. The van der Waals surface area contributed by atoms with E-state index in [2.05, 4.69) is 41.7 Å². The van der Waals surface area contributed by atoms with Crippen molar-refractivity contribution >= 4 is 12.1 Å². The van der Waals surface area contributed by atoms with Crippen molar-refractivity contribution in [2.45, 2.75) is 51.7 Å². The number of benzene rings is 2. The molecule has 1 N–H and O–H groups in total. The highest BCUT2D eigenvalue weighted by atomic mass is 16.6. The lowest BCUT2D eigenvalue weighted by Crippen LogP contribution is -2.45. The van der Waals surface area contributed by atoms with Crippen LogP contribution in [0.4, 0.5) is 4.79 Å². The van der Waals surface area contributed by atoms with Gasteiger partial charge in [-0.2, -0.15) is 0 Å². The van der Waals surface area contributed by atoms with Crippen molar-refractivity contribution in [1.29, 1.82) is 0 Å². The van der Waals surface area contributed by atoms with Crippen LogP contribution in [0, 0.1) is 0 Å². The third-order valence-corrected chi connectivity index (χ3v) is 4.76. The lowest BCUT2D eigenvalue weighted by Gasteiger charge is -2.23. The minimum atomic E-state index is -0.797.